The van der Waals surface area contributed by atoms with Crippen molar-refractivity contribution in [2.75, 3.05) is 19.8 Å². The first-order valence-electron chi connectivity index (χ1n) is 9.04. The second-order valence-electron chi connectivity index (χ2n) is 6.62. The zero-order valence-electron chi connectivity index (χ0n) is 15.4. The number of ether oxygens (including phenoxy) is 1. The van der Waals surface area contributed by atoms with Gasteiger partial charge in [-0.05, 0) is 43.4 Å². The van der Waals surface area contributed by atoms with Gasteiger partial charge in [0.25, 0.3) is 0 Å². The van der Waals surface area contributed by atoms with Gasteiger partial charge in [-0.2, -0.15) is 5.10 Å². The smallest absolute Gasteiger partial charge is 0.223 e. The second kappa shape index (κ2) is 7.83. The predicted octanol–water partition coefficient (Wildman–Crippen LogP) is 2.82. The molecule has 2 aromatic rings. The van der Waals surface area contributed by atoms with Gasteiger partial charge >= 0.3 is 0 Å². The molecule has 1 aliphatic heterocycles. The van der Waals surface area contributed by atoms with Crippen LogP contribution in [0.5, 0.6) is 0 Å². The number of carbonyl (C=O) groups is 1. The first-order chi connectivity index (χ1) is 12.1. The van der Waals surface area contributed by atoms with E-state index >= 15 is 0 Å². The summed E-state index contributed by atoms with van der Waals surface area (Å²) in [5.74, 6) is 0.194. The highest BCUT2D eigenvalue weighted by Gasteiger charge is 2.33. The van der Waals surface area contributed by atoms with E-state index in [9.17, 15) is 4.79 Å². The third-order valence-corrected chi connectivity index (χ3v) is 5.05. The Morgan fingerprint density at radius 3 is 2.92 bits per heavy atom. The normalized spacial score (nSPS) is 16.8. The molecular formula is C20H27N3O2. The lowest BCUT2D eigenvalue weighted by atomic mass is 9.98. The lowest BCUT2D eigenvalue weighted by molar-refractivity contribution is -0.135. The molecule has 1 aliphatic rings. The van der Waals surface area contributed by atoms with Crippen LogP contribution in [0.2, 0.25) is 0 Å². The van der Waals surface area contributed by atoms with Crippen LogP contribution in [0, 0.1) is 6.92 Å². The van der Waals surface area contributed by atoms with E-state index in [4.69, 9.17) is 4.74 Å². The van der Waals surface area contributed by atoms with Crippen LogP contribution in [0.1, 0.15) is 41.8 Å². The molecule has 0 spiro atoms. The maximum Gasteiger partial charge on any atom is 0.223 e. The summed E-state index contributed by atoms with van der Waals surface area (Å²) in [5, 5.41) is 4.38. The number of nitrogens with zero attached hydrogens (tertiary/aromatic N) is 3. The monoisotopic (exact) mass is 341 g/mol. The molecule has 1 atom stereocenters. The van der Waals surface area contributed by atoms with Crippen molar-refractivity contribution >= 4 is 5.91 Å². The minimum atomic E-state index is -0.0411. The molecule has 0 unspecified atom stereocenters. The highest BCUT2D eigenvalue weighted by atomic mass is 16.5. The zero-order valence-corrected chi connectivity index (χ0v) is 15.4. The first kappa shape index (κ1) is 17.7. The van der Waals surface area contributed by atoms with Crippen LogP contribution >= 0.6 is 0 Å². The van der Waals surface area contributed by atoms with Gasteiger partial charge in [-0.3, -0.25) is 9.48 Å². The van der Waals surface area contributed by atoms with Gasteiger partial charge in [0.15, 0.2) is 0 Å². The van der Waals surface area contributed by atoms with Gasteiger partial charge in [0, 0.05) is 26.6 Å². The maximum absolute atomic E-state index is 12.9. The molecule has 0 radical (unpaired) electrons. The summed E-state index contributed by atoms with van der Waals surface area (Å²) in [6.07, 6.45) is 4.09. The van der Waals surface area contributed by atoms with E-state index in [0.717, 1.165) is 25.1 Å². The molecule has 25 heavy (non-hydrogen) atoms. The van der Waals surface area contributed by atoms with Crippen LogP contribution in [0.4, 0.5) is 0 Å². The van der Waals surface area contributed by atoms with Crippen LogP contribution in [0.15, 0.2) is 30.5 Å². The Labute approximate surface area is 149 Å². The van der Waals surface area contributed by atoms with E-state index < -0.39 is 0 Å². The predicted molar refractivity (Wildman–Crippen MR) is 97.4 cm³/mol. The third-order valence-electron chi connectivity index (χ3n) is 5.05. The summed E-state index contributed by atoms with van der Waals surface area (Å²) in [5.41, 5.74) is 4.84. The van der Waals surface area contributed by atoms with Gasteiger partial charge in [0.05, 0.1) is 24.5 Å². The van der Waals surface area contributed by atoms with E-state index in [1.807, 2.05) is 41.9 Å². The van der Waals surface area contributed by atoms with Gasteiger partial charge < -0.3 is 9.64 Å². The summed E-state index contributed by atoms with van der Waals surface area (Å²) in [7, 11) is 1.94. The molecular weight excluding hydrogens is 314 g/mol. The van der Waals surface area contributed by atoms with Crippen molar-refractivity contribution in [2.45, 2.75) is 39.2 Å². The average Bonchev–Trinajstić information content (AvgIpc) is 3.00. The number of rotatable bonds is 6. The third kappa shape index (κ3) is 3.76. The van der Waals surface area contributed by atoms with E-state index in [-0.39, 0.29) is 11.9 Å². The fourth-order valence-corrected chi connectivity index (χ4v) is 3.63. The molecule has 0 saturated heterocycles. The fourth-order valence-electron chi connectivity index (χ4n) is 3.63. The number of aryl methyl sites for hydroxylation is 3. The number of benzene rings is 1. The highest BCUT2D eigenvalue weighted by molar-refractivity contribution is 5.77. The minimum Gasteiger partial charge on any atom is -0.379 e. The minimum absolute atomic E-state index is 0.0411. The topological polar surface area (TPSA) is 47.4 Å². The van der Waals surface area contributed by atoms with Crippen LogP contribution in [-0.4, -0.2) is 40.3 Å². The largest absolute Gasteiger partial charge is 0.379 e. The van der Waals surface area contributed by atoms with Gasteiger partial charge in [-0.1, -0.05) is 24.3 Å². The van der Waals surface area contributed by atoms with Crippen LogP contribution < -0.4 is 0 Å². The van der Waals surface area contributed by atoms with Gasteiger partial charge in [0.1, 0.15) is 0 Å². The Kier molecular flexibility index (Phi) is 5.53. The number of hydrogen-bond acceptors (Lipinski definition) is 3. The van der Waals surface area contributed by atoms with Crippen molar-refractivity contribution in [2.24, 2.45) is 7.05 Å². The molecule has 0 saturated carbocycles. The van der Waals surface area contributed by atoms with E-state index in [0.29, 0.717) is 19.6 Å². The van der Waals surface area contributed by atoms with Crippen LogP contribution in [0.25, 0.3) is 0 Å². The molecule has 2 heterocycles. The Hall–Kier alpha value is -2.14. The number of carbonyl (C=O) groups excluding carboxylic acids is 1. The molecule has 1 aromatic heterocycles. The van der Waals surface area contributed by atoms with E-state index in [2.05, 4.69) is 24.2 Å². The Morgan fingerprint density at radius 1 is 1.36 bits per heavy atom. The number of hydrogen-bond donors (Lipinski definition) is 0. The molecule has 5 heteroatoms. The van der Waals surface area contributed by atoms with Crippen molar-refractivity contribution in [3.05, 3.63) is 52.8 Å². The molecule has 0 fully saturated rings. The van der Waals surface area contributed by atoms with Gasteiger partial charge in [-0.25, -0.2) is 0 Å². The lowest BCUT2D eigenvalue weighted by Crippen LogP contribution is -2.42. The van der Waals surface area contributed by atoms with Crippen LogP contribution in [0.3, 0.4) is 0 Å². The molecule has 3 rings (SSSR count). The van der Waals surface area contributed by atoms with Crippen molar-refractivity contribution < 1.29 is 9.53 Å². The second-order valence-corrected chi connectivity index (χ2v) is 6.62. The van der Waals surface area contributed by atoms with Crippen molar-refractivity contribution in [3.63, 3.8) is 0 Å². The van der Waals surface area contributed by atoms with Gasteiger partial charge in [-0.15, -0.1) is 0 Å². The van der Waals surface area contributed by atoms with Crippen molar-refractivity contribution in [3.8, 4) is 0 Å². The molecule has 0 N–H and O–H groups in total. The highest BCUT2D eigenvalue weighted by Crippen LogP contribution is 2.30. The molecule has 1 aromatic carbocycles. The summed E-state index contributed by atoms with van der Waals surface area (Å²) in [4.78, 5) is 14.9. The standard InChI is InChI=1S/C20H27N3O2/c1-4-25-14-18-20-17(13-21-22(20)3)11-12-23(18)19(24)10-9-16-8-6-5-7-15(16)2/h5-8,13,18H,4,9-12,14H2,1-3H3/t18-/m0/s1. The van der Waals surface area contributed by atoms with Crippen molar-refractivity contribution in [1.82, 2.24) is 14.7 Å². The number of fused-ring (bicyclic) bond motifs is 1. The maximum atomic E-state index is 12.9. The van der Waals surface area contributed by atoms with Gasteiger partial charge in [0.2, 0.25) is 5.91 Å². The first-order valence-corrected chi connectivity index (χ1v) is 9.04. The molecule has 5 nitrogen and oxygen atoms in total. The SMILES string of the molecule is CCOC[C@H]1c2c(cnn2C)CCN1C(=O)CCc1ccccc1C. The van der Waals surface area contributed by atoms with Crippen LogP contribution in [-0.2, 0) is 29.4 Å². The zero-order chi connectivity index (χ0) is 17.8. The number of amides is 1. The molecule has 0 bridgehead atoms. The fraction of sp³-hybridized carbons (Fsp3) is 0.500. The molecule has 134 valence electrons. The van der Waals surface area contributed by atoms with Crippen molar-refractivity contribution in [1.29, 1.82) is 0 Å². The average molecular weight is 341 g/mol. The Morgan fingerprint density at radius 2 is 2.16 bits per heavy atom. The Balaban J connectivity index is 1.74. The van der Waals surface area contributed by atoms with E-state index in [1.165, 1.54) is 16.7 Å². The molecule has 1 amide bonds. The Bertz CT molecular complexity index is 738. The summed E-state index contributed by atoms with van der Waals surface area (Å²) in [6, 6.07) is 8.23. The summed E-state index contributed by atoms with van der Waals surface area (Å²) in [6.45, 7) is 5.99. The number of aromatic nitrogens is 2. The summed E-state index contributed by atoms with van der Waals surface area (Å²) >= 11 is 0. The van der Waals surface area contributed by atoms with E-state index in [1.54, 1.807) is 0 Å². The quantitative estimate of drug-likeness (QED) is 0.812. The summed E-state index contributed by atoms with van der Waals surface area (Å²) < 4.78 is 7.57. The lowest BCUT2D eigenvalue weighted by Gasteiger charge is -2.36. The molecule has 0 aliphatic carbocycles.